The number of carbonyl (C=O) groups excluding carboxylic acids is 1. The topological polar surface area (TPSA) is 57.5 Å². The molecule has 0 aromatic carbocycles. The van der Waals surface area contributed by atoms with Gasteiger partial charge in [-0.3, -0.25) is 4.79 Å². The zero-order valence-electron chi connectivity index (χ0n) is 13.7. The summed E-state index contributed by atoms with van der Waals surface area (Å²) in [5.41, 5.74) is 1.10. The maximum atomic E-state index is 12.4. The average Bonchev–Trinajstić information content (AvgIpc) is 2.75. The van der Waals surface area contributed by atoms with Crippen molar-refractivity contribution in [3.8, 4) is 0 Å². The van der Waals surface area contributed by atoms with Gasteiger partial charge in [0.2, 0.25) is 0 Å². The Morgan fingerprint density at radius 1 is 1.09 bits per heavy atom. The molecule has 0 aliphatic heterocycles. The van der Waals surface area contributed by atoms with Crippen LogP contribution in [0.5, 0.6) is 0 Å². The molecule has 4 aliphatic carbocycles. The lowest BCUT2D eigenvalue weighted by Gasteiger charge is -2.59. The third-order valence-corrected chi connectivity index (χ3v) is 7.73. The van der Waals surface area contributed by atoms with E-state index < -0.39 is 0 Å². The van der Waals surface area contributed by atoms with Gasteiger partial charge in [-0.05, 0) is 61.7 Å². The van der Waals surface area contributed by atoms with Crippen molar-refractivity contribution >= 4 is 5.78 Å². The number of hydrogen-bond donors (Lipinski definition) is 2. The van der Waals surface area contributed by atoms with Gasteiger partial charge in [0.1, 0.15) is 5.78 Å². The maximum absolute atomic E-state index is 12.4. The molecule has 0 aromatic heterocycles. The zero-order chi connectivity index (χ0) is 15.7. The highest BCUT2D eigenvalue weighted by molar-refractivity contribution is 5.87. The molecule has 0 unspecified atom stereocenters. The molecule has 4 rings (SSSR count). The van der Waals surface area contributed by atoms with Crippen molar-refractivity contribution in [2.75, 3.05) is 0 Å². The molecule has 0 heterocycles. The number of allylic oxidation sites excluding steroid dienone is 1. The quantitative estimate of drug-likeness (QED) is 0.677. The minimum atomic E-state index is -0.378. The van der Waals surface area contributed by atoms with E-state index in [1.165, 1.54) is 5.57 Å². The number of ketones is 1. The number of carbonyl (C=O) groups is 1. The molecule has 0 bridgehead atoms. The summed E-state index contributed by atoms with van der Waals surface area (Å²) in [7, 11) is 0. The van der Waals surface area contributed by atoms with Crippen LogP contribution in [0.25, 0.3) is 0 Å². The van der Waals surface area contributed by atoms with Crippen LogP contribution in [0, 0.1) is 28.6 Å². The van der Waals surface area contributed by atoms with Gasteiger partial charge in [0, 0.05) is 11.8 Å². The van der Waals surface area contributed by atoms with E-state index >= 15 is 0 Å². The first-order valence-electron chi connectivity index (χ1n) is 8.97. The predicted molar refractivity (Wildman–Crippen MR) is 84.1 cm³/mol. The number of aliphatic hydroxyl groups is 2. The van der Waals surface area contributed by atoms with Gasteiger partial charge in [0.25, 0.3) is 0 Å². The Kier molecular flexibility index (Phi) is 3.16. The SMILES string of the molecule is C[C@]12CC[C@@H](O)C=C1CC[C@@H]1[C@@H]2[C@@H](O)C[C@]2(C)C(=O)CC[C@@H]12. The monoisotopic (exact) mass is 304 g/mol. The first-order chi connectivity index (χ1) is 10.4. The Balaban J connectivity index is 1.74. The van der Waals surface area contributed by atoms with Crippen LogP contribution in [0.1, 0.15) is 58.8 Å². The molecule has 0 spiro atoms. The van der Waals surface area contributed by atoms with Gasteiger partial charge in [-0.25, -0.2) is 0 Å². The first kappa shape index (κ1) is 14.9. The molecule has 3 fully saturated rings. The summed E-state index contributed by atoms with van der Waals surface area (Å²) in [5, 5.41) is 20.9. The van der Waals surface area contributed by atoms with Crippen LogP contribution in [0.15, 0.2) is 11.6 Å². The van der Waals surface area contributed by atoms with Gasteiger partial charge in [-0.2, -0.15) is 0 Å². The van der Waals surface area contributed by atoms with E-state index in [0.717, 1.165) is 32.1 Å². The standard InChI is InChI=1S/C19H28O3/c1-18-8-7-12(20)9-11(18)3-4-13-14-5-6-16(22)19(14,2)10-15(21)17(13)18/h9,12-15,17,20-21H,3-8,10H2,1-2H3/t12-,13+,14+,15+,17-,18+,19+/m1/s1. The fraction of sp³-hybridized carbons (Fsp3) is 0.842. The second-order valence-electron chi connectivity index (χ2n) is 8.70. The Morgan fingerprint density at radius 3 is 2.64 bits per heavy atom. The summed E-state index contributed by atoms with van der Waals surface area (Å²) in [6.07, 6.45) is 7.60. The van der Waals surface area contributed by atoms with E-state index in [1.54, 1.807) is 0 Å². The molecular formula is C19H28O3. The van der Waals surface area contributed by atoms with Crippen molar-refractivity contribution in [1.82, 2.24) is 0 Å². The van der Waals surface area contributed by atoms with Gasteiger partial charge < -0.3 is 10.2 Å². The molecule has 0 amide bonds. The molecule has 4 aliphatic rings. The average molecular weight is 304 g/mol. The normalized spacial score (nSPS) is 54.3. The Morgan fingerprint density at radius 2 is 1.86 bits per heavy atom. The molecule has 22 heavy (non-hydrogen) atoms. The maximum Gasteiger partial charge on any atom is 0.139 e. The zero-order valence-corrected chi connectivity index (χ0v) is 13.7. The van der Waals surface area contributed by atoms with E-state index in [0.29, 0.717) is 30.5 Å². The van der Waals surface area contributed by atoms with Crippen molar-refractivity contribution in [1.29, 1.82) is 0 Å². The summed E-state index contributed by atoms with van der Waals surface area (Å²) in [5.74, 6) is 1.57. The van der Waals surface area contributed by atoms with Crippen LogP contribution >= 0.6 is 0 Å². The van der Waals surface area contributed by atoms with Crippen LogP contribution in [-0.2, 0) is 4.79 Å². The van der Waals surface area contributed by atoms with Gasteiger partial charge in [-0.15, -0.1) is 0 Å². The molecule has 7 atom stereocenters. The summed E-state index contributed by atoms with van der Waals surface area (Å²) in [4.78, 5) is 12.4. The Bertz CT molecular complexity index is 539. The molecular weight excluding hydrogens is 276 g/mol. The Hall–Kier alpha value is -0.670. The number of rotatable bonds is 0. The lowest BCUT2D eigenvalue weighted by Crippen LogP contribution is -2.56. The van der Waals surface area contributed by atoms with E-state index in [2.05, 4.69) is 19.9 Å². The highest BCUT2D eigenvalue weighted by Crippen LogP contribution is 2.64. The fourth-order valence-corrected chi connectivity index (χ4v) is 6.61. The van der Waals surface area contributed by atoms with E-state index in [-0.39, 0.29) is 29.0 Å². The fourth-order valence-electron chi connectivity index (χ4n) is 6.61. The summed E-state index contributed by atoms with van der Waals surface area (Å²) in [6.45, 7) is 4.40. The molecule has 2 N–H and O–H groups in total. The molecule has 0 radical (unpaired) electrons. The minimum Gasteiger partial charge on any atom is -0.393 e. The van der Waals surface area contributed by atoms with Gasteiger partial charge >= 0.3 is 0 Å². The molecule has 3 heteroatoms. The van der Waals surface area contributed by atoms with Crippen molar-refractivity contribution in [2.24, 2.45) is 28.6 Å². The third-order valence-electron chi connectivity index (χ3n) is 7.73. The molecule has 122 valence electrons. The summed E-state index contributed by atoms with van der Waals surface area (Å²) >= 11 is 0. The van der Waals surface area contributed by atoms with Crippen LogP contribution in [-0.4, -0.2) is 28.2 Å². The van der Waals surface area contributed by atoms with E-state index in [9.17, 15) is 15.0 Å². The molecule has 3 saturated carbocycles. The van der Waals surface area contributed by atoms with E-state index in [4.69, 9.17) is 0 Å². The van der Waals surface area contributed by atoms with Crippen LogP contribution in [0.4, 0.5) is 0 Å². The number of hydrogen-bond acceptors (Lipinski definition) is 3. The van der Waals surface area contributed by atoms with Gasteiger partial charge in [0.05, 0.1) is 12.2 Å². The highest BCUT2D eigenvalue weighted by atomic mass is 16.3. The second kappa shape index (κ2) is 4.67. The first-order valence-corrected chi connectivity index (χ1v) is 8.97. The molecule has 0 saturated heterocycles. The van der Waals surface area contributed by atoms with Crippen molar-refractivity contribution in [3.05, 3.63) is 11.6 Å². The molecule has 3 nitrogen and oxygen atoms in total. The smallest absolute Gasteiger partial charge is 0.139 e. The highest BCUT2D eigenvalue weighted by Gasteiger charge is 2.61. The summed E-state index contributed by atoms with van der Waals surface area (Å²) in [6, 6.07) is 0. The van der Waals surface area contributed by atoms with Crippen LogP contribution in [0.3, 0.4) is 0 Å². The van der Waals surface area contributed by atoms with Crippen LogP contribution < -0.4 is 0 Å². The lowest BCUT2D eigenvalue weighted by molar-refractivity contribution is -0.146. The Labute approximate surface area is 132 Å². The number of fused-ring (bicyclic) bond motifs is 5. The third kappa shape index (κ3) is 1.78. The number of Topliss-reactive ketones (excluding diaryl/α,β-unsaturated/α-hetero) is 1. The van der Waals surface area contributed by atoms with Gasteiger partial charge in [0.15, 0.2) is 0 Å². The minimum absolute atomic E-state index is 0.0224. The van der Waals surface area contributed by atoms with E-state index in [1.807, 2.05) is 0 Å². The largest absolute Gasteiger partial charge is 0.393 e. The predicted octanol–water partition coefficient (Wildman–Crippen LogP) is 2.85. The van der Waals surface area contributed by atoms with Crippen molar-refractivity contribution in [3.63, 3.8) is 0 Å². The summed E-state index contributed by atoms with van der Waals surface area (Å²) < 4.78 is 0. The van der Waals surface area contributed by atoms with Crippen molar-refractivity contribution < 1.29 is 15.0 Å². The lowest BCUT2D eigenvalue weighted by atomic mass is 9.46. The van der Waals surface area contributed by atoms with Crippen LogP contribution in [0.2, 0.25) is 0 Å². The van der Waals surface area contributed by atoms with Gasteiger partial charge in [-0.1, -0.05) is 25.5 Å². The molecule has 0 aromatic rings. The van der Waals surface area contributed by atoms with Crippen molar-refractivity contribution in [2.45, 2.75) is 71.0 Å². The number of aliphatic hydroxyl groups excluding tert-OH is 2. The second-order valence-corrected chi connectivity index (χ2v) is 8.70.